The topological polar surface area (TPSA) is 72.2 Å². The van der Waals surface area contributed by atoms with Crippen LogP contribution in [0.3, 0.4) is 0 Å². The maximum atomic E-state index is 12.9. The molecule has 0 unspecified atom stereocenters. The zero-order chi connectivity index (χ0) is 20.7. The Morgan fingerprint density at radius 1 is 0.967 bits per heavy atom. The van der Waals surface area contributed by atoms with Crippen molar-refractivity contribution >= 4 is 16.9 Å². The Hall–Kier alpha value is -3.32. The Balaban J connectivity index is 1.27. The first-order valence-corrected chi connectivity index (χ1v) is 10.0. The van der Waals surface area contributed by atoms with Crippen LogP contribution in [-0.4, -0.2) is 48.7 Å². The number of aryl methyl sites for hydroxylation is 1. The molecule has 1 fully saturated rings. The molecule has 1 saturated heterocycles. The van der Waals surface area contributed by atoms with E-state index in [2.05, 4.69) is 4.90 Å². The van der Waals surface area contributed by atoms with Crippen LogP contribution in [-0.2, 0) is 6.54 Å². The number of benzene rings is 2. The zero-order valence-electron chi connectivity index (χ0n) is 16.7. The second-order valence-electron chi connectivity index (χ2n) is 7.73. The van der Waals surface area contributed by atoms with E-state index in [0.29, 0.717) is 42.3 Å². The first kappa shape index (κ1) is 18.7. The minimum atomic E-state index is -0.334. The van der Waals surface area contributed by atoms with Crippen molar-refractivity contribution in [2.75, 3.05) is 33.0 Å². The van der Waals surface area contributed by atoms with E-state index in [0.717, 1.165) is 29.6 Å². The van der Waals surface area contributed by atoms with Crippen molar-refractivity contribution in [1.82, 2.24) is 9.80 Å². The summed E-state index contributed by atoms with van der Waals surface area (Å²) in [6.45, 7) is 5.56. The fourth-order valence-electron chi connectivity index (χ4n) is 4.03. The molecule has 0 spiro atoms. The van der Waals surface area contributed by atoms with E-state index >= 15 is 0 Å². The molecule has 3 aromatic rings. The molecule has 0 aliphatic carbocycles. The van der Waals surface area contributed by atoms with E-state index in [-0.39, 0.29) is 18.3 Å². The van der Waals surface area contributed by atoms with Crippen molar-refractivity contribution in [3.63, 3.8) is 0 Å². The highest BCUT2D eigenvalue weighted by atomic mass is 16.7. The van der Waals surface area contributed by atoms with Gasteiger partial charge in [-0.1, -0.05) is 12.1 Å². The molecular weight excluding hydrogens is 384 g/mol. The van der Waals surface area contributed by atoms with Crippen molar-refractivity contribution in [2.24, 2.45) is 0 Å². The number of amides is 1. The molecule has 0 saturated carbocycles. The minimum Gasteiger partial charge on any atom is -0.454 e. The van der Waals surface area contributed by atoms with Gasteiger partial charge in [0.05, 0.1) is 0 Å². The summed E-state index contributed by atoms with van der Waals surface area (Å²) in [7, 11) is 0. The van der Waals surface area contributed by atoms with Crippen LogP contribution in [0.15, 0.2) is 51.7 Å². The third kappa shape index (κ3) is 3.52. The van der Waals surface area contributed by atoms with Crippen molar-refractivity contribution in [3.8, 4) is 11.5 Å². The molecule has 7 nitrogen and oxygen atoms in total. The number of piperazine rings is 1. The monoisotopic (exact) mass is 406 g/mol. The number of nitrogens with zero attached hydrogens (tertiary/aromatic N) is 2. The average Bonchev–Trinajstić information content (AvgIpc) is 3.21. The second-order valence-corrected chi connectivity index (χ2v) is 7.73. The number of rotatable bonds is 3. The molecule has 3 heterocycles. The number of carbonyl (C=O) groups is 1. The third-order valence-electron chi connectivity index (χ3n) is 5.66. The molecule has 0 bridgehead atoms. The summed E-state index contributed by atoms with van der Waals surface area (Å²) < 4.78 is 16.0. The quantitative estimate of drug-likeness (QED) is 0.623. The highest BCUT2D eigenvalue weighted by Crippen LogP contribution is 2.33. The van der Waals surface area contributed by atoms with Gasteiger partial charge in [-0.2, -0.15) is 0 Å². The molecule has 2 aliphatic heterocycles. The second kappa shape index (κ2) is 7.50. The summed E-state index contributed by atoms with van der Waals surface area (Å²) in [5.74, 6) is 1.28. The molecule has 2 aromatic carbocycles. The fraction of sp³-hybridized carbons (Fsp3) is 0.304. The van der Waals surface area contributed by atoms with Gasteiger partial charge in [0.1, 0.15) is 5.58 Å². The average molecular weight is 406 g/mol. The van der Waals surface area contributed by atoms with Crippen LogP contribution in [0.25, 0.3) is 11.0 Å². The van der Waals surface area contributed by atoms with E-state index < -0.39 is 0 Å². The molecule has 5 rings (SSSR count). The molecule has 1 amide bonds. The van der Waals surface area contributed by atoms with Gasteiger partial charge in [0, 0.05) is 49.7 Å². The summed E-state index contributed by atoms with van der Waals surface area (Å²) in [5, 5.41) is 0.957. The zero-order valence-corrected chi connectivity index (χ0v) is 16.7. The summed E-state index contributed by atoms with van der Waals surface area (Å²) in [6, 6.07) is 12.8. The number of carbonyl (C=O) groups excluding carboxylic acids is 1. The molecule has 1 aromatic heterocycles. The molecule has 154 valence electrons. The predicted molar refractivity (Wildman–Crippen MR) is 111 cm³/mol. The number of fused-ring (bicyclic) bond motifs is 2. The van der Waals surface area contributed by atoms with Gasteiger partial charge in [-0.3, -0.25) is 9.69 Å². The smallest absolute Gasteiger partial charge is 0.336 e. The van der Waals surface area contributed by atoms with Crippen LogP contribution in [0, 0.1) is 6.92 Å². The van der Waals surface area contributed by atoms with Crippen LogP contribution in [0.5, 0.6) is 11.5 Å². The summed E-state index contributed by atoms with van der Waals surface area (Å²) in [4.78, 5) is 29.0. The molecular formula is C23H22N2O5. The normalized spacial score (nSPS) is 16.2. The van der Waals surface area contributed by atoms with Crippen molar-refractivity contribution in [1.29, 1.82) is 0 Å². The fourth-order valence-corrected chi connectivity index (χ4v) is 4.03. The molecule has 0 N–H and O–H groups in total. The van der Waals surface area contributed by atoms with Crippen LogP contribution in [0.4, 0.5) is 0 Å². The SMILES string of the molecule is Cc1ccc2c(CN3CCN(C(=O)c4ccc5c(c4)OCO5)CC3)cc(=O)oc2c1. The highest BCUT2D eigenvalue weighted by molar-refractivity contribution is 5.95. The standard InChI is InChI=1S/C23H22N2O5/c1-15-2-4-18-17(12-22(26)30-20(18)10-15)13-24-6-8-25(9-7-24)23(27)16-3-5-19-21(11-16)29-14-28-19/h2-5,10-12H,6-9,13-14H2,1H3. The van der Waals surface area contributed by atoms with Crippen LogP contribution >= 0.6 is 0 Å². The summed E-state index contributed by atoms with van der Waals surface area (Å²) >= 11 is 0. The Morgan fingerprint density at radius 2 is 1.77 bits per heavy atom. The maximum Gasteiger partial charge on any atom is 0.336 e. The Labute approximate surface area is 173 Å². The van der Waals surface area contributed by atoms with E-state index in [1.807, 2.05) is 30.0 Å². The van der Waals surface area contributed by atoms with Crippen molar-refractivity contribution < 1.29 is 18.7 Å². The van der Waals surface area contributed by atoms with Crippen LogP contribution in [0.2, 0.25) is 0 Å². The maximum absolute atomic E-state index is 12.9. The minimum absolute atomic E-state index is 0.00534. The predicted octanol–water partition coefficient (Wildman–Crippen LogP) is 2.79. The lowest BCUT2D eigenvalue weighted by Crippen LogP contribution is -2.48. The molecule has 7 heteroatoms. The number of hydrogen-bond acceptors (Lipinski definition) is 6. The van der Waals surface area contributed by atoms with Gasteiger partial charge >= 0.3 is 5.63 Å². The van der Waals surface area contributed by atoms with Crippen LogP contribution in [0.1, 0.15) is 21.5 Å². The van der Waals surface area contributed by atoms with E-state index in [9.17, 15) is 9.59 Å². The van der Waals surface area contributed by atoms with Gasteiger partial charge in [-0.05, 0) is 42.3 Å². The van der Waals surface area contributed by atoms with Gasteiger partial charge in [0.15, 0.2) is 11.5 Å². The Morgan fingerprint density at radius 3 is 2.60 bits per heavy atom. The summed E-state index contributed by atoms with van der Waals surface area (Å²) in [6.07, 6.45) is 0. The number of ether oxygens (including phenoxy) is 2. The van der Waals surface area contributed by atoms with Gasteiger partial charge in [0.25, 0.3) is 5.91 Å². The number of hydrogen-bond donors (Lipinski definition) is 0. The van der Waals surface area contributed by atoms with Crippen molar-refractivity contribution in [2.45, 2.75) is 13.5 Å². The lowest BCUT2D eigenvalue weighted by atomic mass is 10.1. The van der Waals surface area contributed by atoms with E-state index in [1.165, 1.54) is 0 Å². The first-order valence-electron chi connectivity index (χ1n) is 10.0. The van der Waals surface area contributed by atoms with Crippen LogP contribution < -0.4 is 15.1 Å². The highest BCUT2D eigenvalue weighted by Gasteiger charge is 2.24. The molecule has 2 aliphatic rings. The van der Waals surface area contributed by atoms with Gasteiger partial charge in [0.2, 0.25) is 6.79 Å². The third-order valence-corrected chi connectivity index (χ3v) is 5.66. The van der Waals surface area contributed by atoms with E-state index in [4.69, 9.17) is 13.9 Å². The first-order chi connectivity index (χ1) is 14.6. The molecule has 30 heavy (non-hydrogen) atoms. The molecule has 0 radical (unpaired) electrons. The summed E-state index contributed by atoms with van der Waals surface area (Å²) in [5.41, 5.74) is 2.90. The van der Waals surface area contributed by atoms with Gasteiger partial charge < -0.3 is 18.8 Å². The van der Waals surface area contributed by atoms with Crippen molar-refractivity contribution in [3.05, 3.63) is 69.6 Å². The van der Waals surface area contributed by atoms with Gasteiger partial charge in [-0.25, -0.2) is 4.79 Å². The largest absolute Gasteiger partial charge is 0.454 e. The van der Waals surface area contributed by atoms with E-state index in [1.54, 1.807) is 24.3 Å². The lowest BCUT2D eigenvalue weighted by molar-refractivity contribution is 0.0628. The Bertz CT molecular complexity index is 1180. The van der Waals surface area contributed by atoms with Gasteiger partial charge in [-0.15, -0.1) is 0 Å². The molecule has 0 atom stereocenters. The lowest BCUT2D eigenvalue weighted by Gasteiger charge is -2.35. The Kier molecular flexibility index (Phi) is 4.67.